The molecule has 13 heteroatoms. The van der Waals surface area contributed by atoms with Crippen molar-refractivity contribution in [1.29, 1.82) is 0 Å². The van der Waals surface area contributed by atoms with Crippen LogP contribution in [0.5, 0.6) is 0 Å². The van der Waals surface area contributed by atoms with Gasteiger partial charge in [-0.3, -0.25) is 9.89 Å². The van der Waals surface area contributed by atoms with Crippen LogP contribution in [0.15, 0.2) is 23.4 Å². The summed E-state index contributed by atoms with van der Waals surface area (Å²) in [6, 6.07) is 4.99. The summed E-state index contributed by atoms with van der Waals surface area (Å²) < 4.78 is 10.1. The minimum Gasteiger partial charge on any atom is -0.462 e. The molecule has 3 aromatic rings. The molecule has 0 radical (unpaired) electrons. The number of benzene rings is 1. The topological polar surface area (TPSA) is 123 Å². The molecule has 0 unspecified atom stereocenters. The molecule has 0 saturated carbocycles. The van der Waals surface area contributed by atoms with Crippen LogP contribution in [0, 0.1) is 6.92 Å². The SMILES string of the molecule is CCOC(=O)c1sc(NC(=O)CSc2n[nH]c(-c3ccc(Cl)cc3Cl)n2)c(C(=O)OCC)c1C. The van der Waals surface area contributed by atoms with Gasteiger partial charge in [-0.05, 0) is 44.5 Å². The van der Waals surface area contributed by atoms with E-state index in [9.17, 15) is 14.4 Å². The first-order chi connectivity index (χ1) is 16.2. The quantitative estimate of drug-likeness (QED) is 0.278. The van der Waals surface area contributed by atoms with Gasteiger partial charge in [0.15, 0.2) is 5.82 Å². The molecule has 2 heterocycles. The van der Waals surface area contributed by atoms with Crippen LogP contribution in [-0.4, -0.2) is 52.0 Å². The van der Waals surface area contributed by atoms with Gasteiger partial charge in [0.2, 0.25) is 11.1 Å². The van der Waals surface area contributed by atoms with Crippen molar-refractivity contribution >= 4 is 69.1 Å². The van der Waals surface area contributed by atoms with Gasteiger partial charge >= 0.3 is 11.9 Å². The predicted molar refractivity (Wildman–Crippen MR) is 132 cm³/mol. The smallest absolute Gasteiger partial charge is 0.348 e. The lowest BCUT2D eigenvalue weighted by atomic mass is 10.1. The molecule has 0 aliphatic carbocycles. The number of halogens is 2. The molecule has 9 nitrogen and oxygen atoms in total. The van der Waals surface area contributed by atoms with Crippen LogP contribution in [0.25, 0.3) is 11.4 Å². The Bertz CT molecular complexity index is 1230. The van der Waals surface area contributed by atoms with E-state index in [-0.39, 0.29) is 34.4 Å². The molecule has 180 valence electrons. The van der Waals surface area contributed by atoms with E-state index in [4.69, 9.17) is 32.7 Å². The average Bonchev–Trinajstić information content (AvgIpc) is 3.37. The minimum atomic E-state index is -0.631. The Morgan fingerprint density at radius 2 is 1.85 bits per heavy atom. The van der Waals surface area contributed by atoms with Crippen molar-refractivity contribution < 1.29 is 23.9 Å². The molecule has 1 aromatic carbocycles. The van der Waals surface area contributed by atoms with Gasteiger partial charge in [-0.25, -0.2) is 14.6 Å². The Labute approximate surface area is 213 Å². The first-order valence-corrected chi connectivity index (χ1v) is 12.6. The van der Waals surface area contributed by atoms with E-state index in [0.29, 0.717) is 32.2 Å². The van der Waals surface area contributed by atoms with Crippen molar-refractivity contribution in [2.45, 2.75) is 25.9 Å². The Kier molecular flexibility index (Phi) is 8.95. The highest BCUT2D eigenvalue weighted by Crippen LogP contribution is 2.35. The molecule has 34 heavy (non-hydrogen) atoms. The lowest BCUT2D eigenvalue weighted by Crippen LogP contribution is -2.16. The second-order valence-corrected chi connectivity index (χ2v) is 9.44. The number of nitrogens with zero attached hydrogens (tertiary/aromatic N) is 2. The van der Waals surface area contributed by atoms with E-state index in [2.05, 4.69) is 20.5 Å². The number of aromatic amines is 1. The number of carbonyl (C=O) groups is 3. The van der Waals surface area contributed by atoms with Crippen molar-refractivity contribution in [3.63, 3.8) is 0 Å². The first-order valence-electron chi connectivity index (χ1n) is 10.0. The summed E-state index contributed by atoms with van der Waals surface area (Å²) in [5.41, 5.74) is 1.14. The Balaban J connectivity index is 1.72. The molecule has 0 bridgehead atoms. The lowest BCUT2D eigenvalue weighted by Gasteiger charge is -2.06. The fourth-order valence-corrected chi connectivity index (χ4v) is 5.05. The number of amides is 1. The van der Waals surface area contributed by atoms with E-state index in [1.807, 2.05) is 0 Å². The summed E-state index contributed by atoms with van der Waals surface area (Å²) in [7, 11) is 0. The maximum absolute atomic E-state index is 12.6. The van der Waals surface area contributed by atoms with E-state index >= 15 is 0 Å². The molecule has 2 N–H and O–H groups in total. The monoisotopic (exact) mass is 542 g/mol. The lowest BCUT2D eigenvalue weighted by molar-refractivity contribution is -0.113. The Hall–Kier alpha value is -2.60. The van der Waals surface area contributed by atoms with Gasteiger partial charge in [-0.2, -0.15) is 0 Å². The molecule has 0 fully saturated rings. The van der Waals surface area contributed by atoms with Crippen LogP contribution in [0.3, 0.4) is 0 Å². The normalized spacial score (nSPS) is 10.7. The van der Waals surface area contributed by atoms with Crippen molar-refractivity contribution in [2.75, 3.05) is 24.3 Å². The molecule has 1 amide bonds. The zero-order valence-corrected chi connectivity index (χ0v) is 21.5. The van der Waals surface area contributed by atoms with Crippen LogP contribution in [0.2, 0.25) is 10.0 Å². The molecule has 0 aliphatic rings. The number of hydrogen-bond acceptors (Lipinski definition) is 9. The highest BCUT2D eigenvalue weighted by atomic mass is 35.5. The number of esters is 2. The number of aromatic nitrogens is 3. The number of ether oxygens (including phenoxy) is 2. The maximum atomic E-state index is 12.6. The van der Waals surface area contributed by atoms with Gasteiger partial charge in [0.1, 0.15) is 9.88 Å². The standard InChI is InChI=1S/C21H20Cl2N4O5S2/c1-4-31-19(29)15-10(3)16(20(30)32-5-2)34-18(15)24-14(28)9-33-21-25-17(26-27-21)12-7-6-11(22)8-13(12)23/h6-8H,4-5,9H2,1-3H3,(H,24,28)(H,25,26,27). The largest absolute Gasteiger partial charge is 0.462 e. The molecule has 0 atom stereocenters. The number of rotatable bonds is 9. The van der Waals surface area contributed by atoms with Gasteiger partial charge in [0.25, 0.3) is 0 Å². The van der Waals surface area contributed by atoms with Crippen molar-refractivity contribution in [3.05, 3.63) is 44.2 Å². The van der Waals surface area contributed by atoms with Crippen LogP contribution < -0.4 is 5.32 Å². The molecule has 0 aliphatic heterocycles. The molecule has 3 rings (SSSR count). The summed E-state index contributed by atoms with van der Waals surface area (Å²) in [5, 5.41) is 11.0. The summed E-state index contributed by atoms with van der Waals surface area (Å²) >= 11 is 14.2. The van der Waals surface area contributed by atoms with Gasteiger partial charge in [0, 0.05) is 10.6 Å². The molecule has 0 spiro atoms. The van der Waals surface area contributed by atoms with Crippen LogP contribution in [0.4, 0.5) is 5.00 Å². The zero-order valence-electron chi connectivity index (χ0n) is 18.4. The second kappa shape index (κ2) is 11.7. The van der Waals surface area contributed by atoms with Crippen LogP contribution in [-0.2, 0) is 14.3 Å². The number of anilines is 1. The molecule has 0 saturated heterocycles. The number of nitrogens with one attached hydrogen (secondary N) is 2. The highest BCUT2D eigenvalue weighted by molar-refractivity contribution is 7.99. The number of thiophene rings is 1. The van der Waals surface area contributed by atoms with E-state index < -0.39 is 17.8 Å². The van der Waals surface area contributed by atoms with Gasteiger partial charge in [-0.1, -0.05) is 35.0 Å². The van der Waals surface area contributed by atoms with Gasteiger partial charge in [-0.15, -0.1) is 16.4 Å². The third kappa shape index (κ3) is 6.09. The number of thioether (sulfide) groups is 1. The highest BCUT2D eigenvalue weighted by Gasteiger charge is 2.27. The van der Waals surface area contributed by atoms with Crippen molar-refractivity contribution in [2.24, 2.45) is 0 Å². The molecule has 2 aromatic heterocycles. The number of carbonyl (C=O) groups excluding carboxylic acids is 3. The fraction of sp³-hybridized carbons (Fsp3) is 0.286. The molecular weight excluding hydrogens is 523 g/mol. The Morgan fingerprint density at radius 1 is 1.15 bits per heavy atom. The van der Waals surface area contributed by atoms with E-state index in [0.717, 1.165) is 23.1 Å². The van der Waals surface area contributed by atoms with Gasteiger partial charge < -0.3 is 14.8 Å². The van der Waals surface area contributed by atoms with Crippen LogP contribution >= 0.6 is 46.3 Å². The number of H-pyrrole nitrogens is 1. The van der Waals surface area contributed by atoms with E-state index in [1.165, 1.54) is 0 Å². The van der Waals surface area contributed by atoms with Crippen molar-refractivity contribution in [3.8, 4) is 11.4 Å². The summed E-state index contributed by atoms with van der Waals surface area (Å²) in [4.78, 5) is 41.9. The van der Waals surface area contributed by atoms with Crippen molar-refractivity contribution in [1.82, 2.24) is 15.2 Å². The maximum Gasteiger partial charge on any atom is 0.348 e. The van der Waals surface area contributed by atoms with Crippen LogP contribution in [0.1, 0.15) is 39.4 Å². The summed E-state index contributed by atoms with van der Waals surface area (Å²) in [6.45, 7) is 5.29. The Morgan fingerprint density at radius 3 is 2.53 bits per heavy atom. The zero-order chi connectivity index (χ0) is 24.8. The van der Waals surface area contributed by atoms with E-state index in [1.54, 1.807) is 39.0 Å². The minimum absolute atomic E-state index is 0.0421. The van der Waals surface area contributed by atoms with Gasteiger partial charge in [0.05, 0.1) is 29.6 Å². The average molecular weight is 543 g/mol. The third-order valence-corrected chi connectivity index (χ3v) is 6.91. The third-order valence-electron chi connectivity index (χ3n) is 4.32. The summed E-state index contributed by atoms with van der Waals surface area (Å²) in [6.07, 6.45) is 0. The number of hydrogen-bond donors (Lipinski definition) is 2. The molecular formula is C21H20Cl2N4O5S2. The predicted octanol–water partition coefficient (Wildman–Crippen LogP) is 5.23. The first kappa shape index (κ1) is 26.0. The summed E-state index contributed by atoms with van der Waals surface area (Å²) in [5.74, 6) is -1.22. The fourth-order valence-electron chi connectivity index (χ4n) is 2.85. The second-order valence-electron chi connectivity index (χ2n) is 6.63.